The maximum atomic E-state index is 15.2. The molecule has 0 aromatic heterocycles. The summed E-state index contributed by atoms with van der Waals surface area (Å²) in [5, 5.41) is 0. The van der Waals surface area contributed by atoms with Crippen LogP contribution in [0.15, 0.2) is 261 Å². The molecular formula is C86H81NO22. The second kappa shape index (κ2) is 36.8. The van der Waals surface area contributed by atoms with Gasteiger partial charge in [0, 0.05) is 14.0 Å². The van der Waals surface area contributed by atoms with Crippen molar-refractivity contribution in [2.24, 2.45) is 0 Å². The van der Waals surface area contributed by atoms with Crippen LogP contribution in [0.2, 0.25) is 0 Å². The number of rotatable bonds is 30. The van der Waals surface area contributed by atoms with Gasteiger partial charge in [-0.25, -0.2) is 19.2 Å². The van der Waals surface area contributed by atoms with Crippen LogP contribution in [0, 0.1) is 6.92 Å². The first kappa shape index (κ1) is 76.3. The lowest BCUT2D eigenvalue weighted by atomic mass is 9.94. The molecule has 9 aromatic rings. The summed E-state index contributed by atoms with van der Waals surface area (Å²) in [7, 11) is 1.25. The summed E-state index contributed by atoms with van der Waals surface area (Å²) >= 11 is 0. The lowest BCUT2D eigenvalue weighted by Crippen LogP contribution is -2.68. The molecule has 109 heavy (non-hydrogen) atoms. The van der Waals surface area contributed by atoms with Crippen LogP contribution in [0.4, 0.5) is 0 Å². The van der Waals surface area contributed by atoms with Crippen molar-refractivity contribution < 1.29 is 105 Å². The highest BCUT2D eigenvalue weighted by molar-refractivity contribution is 6.21. The van der Waals surface area contributed by atoms with E-state index in [-0.39, 0.29) is 66.4 Å². The van der Waals surface area contributed by atoms with E-state index in [0.717, 1.165) is 34.1 Å². The van der Waals surface area contributed by atoms with Crippen molar-refractivity contribution in [3.63, 3.8) is 0 Å². The number of amides is 2. The number of hydrogen-bond acceptors (Lipinski definition) is 22. The monoisotopic (exact) mass is 1480 g/mol. The summed E-state index contributed by atoms with van der Waals surface area (Å²) < 4.78 is 100. The quantitative estimate of drug-likeness (QED) is 0.0230. The Balaban J connectivity index is 0.912. The van der Waals surface area contributed by atoms with Crippen molar-refractivity contribution in [2.45, 2.75) is 132 Å². The van der Waals surface area contributed by atoms with Crippen LogP contribution in [0.5, 0.6) is 0 Å². The Morgan fingerprint density at radius 2 is 0.670 bits per heavy atom. The fourth-order valence-electron chi connectivity index (χ4n) is 13.4. The molecule has 13 rings (SSSR count). The van der Waals surface area contributed by atoms with Crippen LogP contribution >= 0.6 is 0 Å². The number of benzene rings is 9. The summed E-state index contributed by atoms with van der Waals surface area (Å²) in [6, 6.07) is 72.3. The van der Waals surface area contributed by atoms with E-state index in [2.05, 4.69) is 0 Å². The van der Waals surface area contributed by atoms with Gasteiger partial charge in [0.1, 0.15) is 42.7 Å². The maximum absolute atomic E-state index is 15.2. The predicted molar refractivity (Wildman–Crippen MR) is 390 cm³/mol. The van der Waals surface area contributed by atoms with Crippen molar-refractivity contribution >= 4 is 41.7 Å². The van der Waals surface area contributed by atoms with Crippen LogP contribution in [-0.4, -0.2) is 166 Å². The average molecular weight is 1480 g/mol. The molecule has 9 aromatic carbocycles. The maximum Gasteiger partial charge on any atom is 0.338 e. The predicted octanol–water partition coefficient (Wildman–Crippen LogP) is 11.6. The molecule has 4 aliphatic heterocycles. The van der Waals surface area contributed by atoms with E-state index in [9.17, 15) is 24.0 Å². The van der Waals surface area contributed by atoms with Gasteiger partial charge in [-0.3, -0.25) is 19.3 Å². The molecule has 15 atom stereocenters. The smallest absolute Gasteiger partial charge is 0.338 e. The number of fused-ring (bicyclic) bond motifs is 1. The first-order chi connectivity index (χ1) is 53.2. The number of nitrogens with zero attached hydrogens (tertiary/aromatic N) is 1. The minimum atomic E-state index is -1.91. The second-order valence-corrected chi connectivity index (χ2v) is 26.3. The Kier molecular flexibility index (Phi) is 25.7. The van der Waals surface area contributed by atoms with E-state index in [4.69, 9.17) is 71.1 Å². The van der Waals surface area contributed by atoms with E-state index in [1.165, 1.54) is 55.6 Å². The fourth-order valence-corrected chi connectivity index (χ4v) is 13.4. The lowest BCUT2D eigenvalue weighted by Gasteiger charge is -2.49. The van der Waals surface area contributed by atoms with Gasteiger partial charge in [-0.05, 0) is 89.8 Å². The van der Waals surface area contributed by atoms with Gasteiger partial charge in [-0.15, -0.1) is 0 Å². The van der Waals surface area contributed by atoms with Crippen LogP contribution in [0.1, 0.15) is 96.9 Å². The first-order valence-electron chi connectivity index (χ1n) is 35.8. The average Bonchev–Trinajstić information content (AvgIpc) is 1.71. The van der Waals surface area contributed by atoms with Crippen molar-refractivity contribution in [3.8, 4) is 0 Å². The molecular weight excluding hydrogens is 1400 g/mol. The van der Waals surface area contributed by atoms with Gasteiger partial charge >= 0.3 is 29.8 Å². The molecule has 3 fully saturated rings. The van der Waals surface area contributed by atoms with Gasteiger partial charge in [0.15, 0.2) is 49.4 Å². The molecule has 0 aliphatic carbocycles. The van der Waals surface area contributed by atoms with Crippen LogP contribution in [0.3, 0.4) is 0 Å². The molecule has 0 bridgehead atoms. The highest BCUT2D eigenvalue weighted by atomic mass is 16.8. The summed E-state index contributed by atoms with van der Waals surface area (Å²) in [4.78, 5) is 104. The molecule has 0 spiro atoms. The number of aryl methyl sites for hydroxylation is 1. The van der Waals surface area contributed by atoms with Gasteiger partial charge in [-0.2, -0.15) is 0 Å². The van der Waals surface area contributed by atoms with Crippen molar-refractivity contribution in [1.82, 2.24) is 4.90 Å². The Labute approximate surface area is 629 Å². The van der Waals surface area contributed by atoms with E-state index in [0.29, 0.717) is 5.56 Å². The second-order valence-electron chi connectivity index (χ2n) is 26.3. The molecule has 0 radical (unpaired) electrons. The van der Waals surface area contributed by atoms with Crippen molar-refractivity contribution in [3.05, 3.63) is 322 Å². The summed E-state index contributed by atoms with van der Waals surface area (Å²) in [6.07, 6.45) is -21.4. The van der Waals surface area contributed by atoms with Gasteiger partial charge in [-0.1, -0.05) is 206 Å². The molecule has 3 saturated heterocycles. The Morgan fingerprint density at radius 1 is 0.330 bits per heavy atom. The summed E-state index contributed by atoms with van der Waals surface area (Å²) in [6.45, 7) is 1.55. The molecule has 2 amide bonds. The zero-order valence-corrected chi connectivity index (χ0v) is 59.9. The number of carbonyl (C=O) groups excluding carboxylic acids is 7. The molecule has 23 nitrogen and oxygen atoms in total. The fraction of sp³-hybridized carbons (Fsp3) is 0.291. The minimum absolute atomic E-state index is 0.00343. The normalized spacial score (nSPS) is 24.4. The molecule has 4 heterocycles. The standard InChI is InChI=1S/C86H81NO22/c1-54-43-45-63(46-44-54)83(94)108-76-74(99-50-59-33-17-7-18-34-59)71(98-49-58-31-15-6-16-32-58)66(51-96-47-56-27-11-4-12-28-56)105-86(76)101-52-67-70(97-48-57-29-13-5-14-30-57)73(102-55(2)88)69(87-78(89)64-41-25-26-42-65(64)79(87)90)84(103-67)100-53-68-72(106-80(91)60-35-19-8-20-36-60)75(107-81(92)61-37-21-9-22-38-61)77(85(95-3)104-68)109-82(93)62-39-23-10-24-40-62/h4-46,66-77,84-86H,47-53H2,1-3H3/t66-,67-,68-,69-,70-,71-,72-,73-,74+,75+,76-,77-,84-,85+,86-/m1/s1. The third-order valence-electron chi connectivity index (χ3n) is 18.8. The largest absolute Gasteiger partial charge is 0.457 e. The Hall–Kier alpha value is -10.9. The van der Waals surface area contributed by atoms with Crippen molar-refractivity contribution in [1.29, 1.82) is 0 Å². The minimum Gasteiger partial charge on any atom is -0.457 e. The van der Waals surface area contributed by atoms with Crippen LogP contribution in [0.25, 0.3) is 0 Å². The molecule has 0 unspecified atom stereocenters. The van der Waals surface area contributed by atoms with E-state index in [1.807, 2.05) is 104 Å². The highest BCUT2D eigenvalue weighted by Gasteiger charge is 2.59. The zero-order valence-electron chi connectivity index (χ0n) is 59.9. The van der Waals surface area contributed by atoms with Crippen molar-refractivity contribution in [2.75, 3.05) is 26.9 Å². The van der Waals surface area contributed by atoms with E-state index >= 15 is 9.59 Å². The number of esters is 5. The number of hydrogen-bond donors (Lipinski definition) is 0. The van der Waals surface area contributed by atoms with Crippen LogP contribution in [-0.2, 0) is 102 Å². The topological polar surface area (TPSA) is 261 Å². The lowest BCUT2D eigenvalue weighted by molar-refractivity contribution is -0.341. The van der Waals surface area contributed by atoms with Gasteiger partial charge in [0.2, 0.25) is 0 Å². The molecule has 562 valence electrons. The summed E-state index contributed by atoms with van der Waals surface area (Å²) in [5.41, 5.74) is 4.39. The summed E-state index contributed by atoms with van der Waals surface area (Å²) in [5.74, 6) is -6.06. The number of imide groups is 1. The molecule has 0 N–H and O–H groups in total. The third-order valence-corrected chi connectivity index (χ3v) is 18.8. The number of ether oxygens (including phenoxy) is 15. The number of methoxy groups -OCH3 is 1. The van der Waals surface area contributed by atoms with Gasteiger partial charge in [0.05, 0.1) is 79.6 Å². The first-order valence-corrected chi connectivity index (χ1v) is 35.8. The third kappa shape index (κ3) is 19.0. The zero-order chi connectivity index (χ0) is 75.6. The highest BCUT2D eigenvalue weighted by Crippen LogP contribution is 2.40. The molecule has 0 saturated carbocycles. The van der Waals surface area contributed by atoms with E-state index in [1.54, 1.807) is 115 Å². The molecule has 23 heteroatoms. The van der Waals surface area contributed by atoms with E-state index < -0.39 is 147 Å². The number of carbonyl (C=O) groups is 7. The van der Waals surface area contributed by atoms with Crippen LogP contribution < -0.4 is 0 Å². The van der Waals surface area contributed by atoms with Gasteiger partial charge in [0.25, 0.3) is 11.8 Å². The Morgan fingerprint density at radius 3 is 1.12 bits per heavy atom. The molecule has 4 aliphatic rings. The van der Waals surface area contributed by atoms with Gasteiger partial charge < -0.3 is 71.1 Å². The SMILES string of the molecule is CO[C@H]1O[C@H](CO[C@@H]2O[C@H](CO[C@@H]3O[C@H](COCc4ccccc4)[C@@H](OCc4ccccc4)[C@H](OCc4ccccc4)[C@H]3OC(=O)c3ccc(C)cc3)[C@@H](OCc3ccccc3)[C@H](OC(C)=O)[C@H]2N2C(=O)c3ccccc3C2=O)[C@@H](OC(=O)c2ccccc2)[C@H](OC(=O)c2ccccc2)[C@H]1OC(=O)c1ccccc1. The Bertz CT molecular complexity index is 4460.